The van der Waals surface area contributed by atoms with Crippen molar-refractivity contribution < 1.29 is 9.59 Å². The number of carbonyl (C=O) groups is 2. The highest BCUT2D eigenvalue weighted by Gasteiger charge is 2.08. The Kier molecular flexibility index (Phi) is 5.63. The van der Waals surface area contributed by atoms with E-state index in [2.05, 4.69) is 16.0 Å². The fourth-order valence-electron chi connectivity index (χ4n) is 1.47. The summed E-state index contributed by atoms with van der Waals surface area (Å²) >= 11 is 5.84. The number of carbonyl (C=O) groups excluding carboxylic acids is 2. The smallest absolute Gasteiger partial charge is 0.321 e. The SMILES string of the molecule is Cc1cc(Cl)ccc1NCC(=O)NC(=O)NC(C)C. The Balaban J connectivity index is 2.44. The maximum atomic E-state index is 11.5. The number of hydrogen-bond acceptors (Lipinski definition) is 3. The van der Waals surface area contributed by atoms with E-state index < -0.39 is 11.9 Å². The Morgan fingerprint density at radius 3 is 2.58 bits per heavy atom. The van der Waals surface area contributed by atoms with Gasteiger partial charge in [0.1, 0.15) is 0 Å². The van der Waals surface area contributed by atoms with Gasteiger partial charge in [0.25, 0.3) is 0 Å². The van der Waals surface area contributed by atoms with Crippen LogP contribution in [-0.2, 0) is 4.79 Å². The molecule has 19 heavy (non-hydrogen) atoms. The standard InChI is InChI=1S/C13H18ClN3O2/c1-8(2)16-13(19)17-12(18)7-15-11-5-4-10(14)6-9(11)3/h4-6,8,15H,7H2,1-3H3,(H2,16,17,18,19). The molecule has 0 heterocycles. The van der Waals surface area contributed by atoms with Gasteiger partial charge in [0, 0.05) is 16.8 Å². The van der Waals surface area contributed by atoms with Crippen molar-refractivity contribution in [1.29, 1.82) is 0 Å². The van der Waals surface area contributed by atoms with Crippen molar-refractivity contribution in [3.8, 4) is 0 Å². The van der Waals surface area contributed by atoms with Crippen LogP contribution in [0.15, 0.2) is 18.2 Å². The monoisotopic (exact) mass is 283 g/mol. The van der Waals surface area contributed by atoms with Crippen molar-refractivity contribution >= 4 is 29.2 Å². The summed E-state index contributed by atoms with van der Waals surface area (Å²) < 4.78 is 0. The van der Waals surface area contributed by atoms with Crippen LogP contribution in [0, 0.1) is 6.92 Å². The van der Waals surface area contributed by atoms with Crippen LogP contribution in [0.2, 0.25) is 5.02 Å². The summed E-state index contributed by atoms with van der Waals surface area (Å²) in [6.07, 6.45) is 0. The van der Waals surface area contributed by atoms with E-state index in [0.717, 1.165) is 11.3 Å². The summed E-state index contributed by atoms with van der Waals surface area (Å²) in [5, 5.41) is 8.40. The Bertz CT molecular complexity index is 475. The maximum Gasteiger partial charge on any atom is 0.321 e. The number of halogens is 1. The molecular formula is C13H18ClN3O2. The average molecular weight is 284 g/mol. The lowest BCUT2D eigenvalue weighted by Crippen LogP contribution is -2.44. The molecule has 0 aliphatic rings. The molecule has 0 fully saturated rings. The molecule has 0 aliphatic heterocycles. The third kappa shape index (κ3) is 5.61. The number of hydrogen-bond donors (Lipinski definition) is 3. The summed E-state index contributed by atoms with van der Waals surface area (Å²) in [5.74, 6) is -0.396. The molecule has 0 aliphatic carbocycles. The van der Waals surface area contributed by atoms with Crippen molar-refractivity contribution in [2.75, 3.05) is 11.9 Å². The normalized spacial score (nSPS) is 10.2. The molecule has 0 saturated carbocycles. The number of benzene rings is 1. The predicted octanol–water partition coefficient (Wildman–Crippen LogP) is 2.29. The van der Waals surface area contributed by atoms with E-state index >= 15 is 0 Å². The lowest BCUT2D eigenvalue weighted by molar-refractivity contribution is -0.118. The molecule has 6 heteroatoms. The molecule has 1 aromatic rings. The molecule has 0 saturated heterocycles. The summed E-state index contributed by atoms with van der Waals surface area (Å²) in [7, 11) is 0. The first-order valence-electron chi connectivity index (χ1n) is 5.99. The lowest BCUT2D eigenvalue weighted by atomic mass is 10.2. The van der Waals surface area contributed by atoms with Gasteiger partial charge in [0.2, 0.25) is 5.91 Å². The Morgan fingerprint density at radius 1 is 1.32 bits per heavy atom. The third-order valence-electron chi connectivity index (χ3n) is 2.30. The first-order valence-corrected chi connectivity index (χ1v) is 6.36. The quantitative estimate of drug-likeness (QED) is 0.794. The summed E-state index contributed by atoms with van der Waals surface area (Å²) in [6.45, 7) is 5.55. The number of imide groups is 1. The minimum atomic E-state index is -0.491. The van der Waals surface area contributed by atoms with E-state index in [9.17, 15) is 9.59 Å². The molecule has 1 aromatic carbocycles. The topological polar surface area (TPSA) is 70.2 Å². The van der Waals surface area contributed by atoms with Crippen LogP contribution in [-0.4, -0.2) is 24.5 Å². The first kappa shape index (κ1) is 15.3. The van der Waals surface area contributed by atoms with Gasteiger partial charge in [-0.2, -0.15) is 0 Å². The fourth-order valence-corrected chi connectivity index (χ4v) is 1.70. The van der Waals surface area contributed by atoms with Gasteiger partial charge in [0.15, 0.2) is 0 Å². The molecule has 0 radical (unpaired) electrons. The van der Waals surface area contributed by atoms with E-state index in [1.807, 2.05) is 20.8 Å². The molecule has 0 aromatic heterocycles. The number of amides is 3. The average Bonchev–Trinajstić information content (AvgIpc) is 2.26. The van der Waals surface area contributed by atoms with Crippen LogP contribution in [0.25, 0.3) is 0 Å². The van der Waals surface area contributed by atoms with Gasteiger partial charge in [0.05, 0.1) is 6.54 Å². The van der Waals surface area contributed by atoms with Gasteiger partial charge in [-0.1, -0.05) is 11.6 Å². The zero-order chi connectivity index (χ0) is 14.4. The number of aryl methyl sites for hydroxylation is 1. The van der Waals surface area contributed by atoms with Gasteiger partial charge in [-0.05, 0) is 44.5 Å². The van der Waals surface area contributed by atoms with Gasteiger partial charge < -0.3 is 10.6 Å². The second-order valence-electron chi connectivity index (χ2n) is 4.49. The van der Waals surface area contributed by atoms with Gasteiger partial charge >= 0.3 is 6.03 Å². The Hall–Kier alpha value is -1.75. The Labute approximate surface area is 117 Å². The van der Waals surface area contributed by atoms with Crippen molar-refractivity contribution in [1.82, 2.24) is 10.6 Å². The molecule has 1 rings (SSSR count). The van der Waals surface area contributed by atoms with Crippen LogP contribution < -0.4 is 16.0 Å². The minimum Gasteiger partial charge on any atom is -0.376 e. The summed E-state index contributed by atoms with van der Waals surface area (Å²) in [5.41, 5.74) is 1.75. The van der Waals surface area contributed by atoms with Crippen LogP contribution in [0.4, 0.5) is 10.5 Å². The zero-order valence-electron chi connectivity index (χ0n) is 11.2. The van der Waals surface area contributed by atoms with Gasteiger partial charge in [-0.25, -0.2) is 4.79 Å². The molecule has 0 bridgehead atoms. The van der Waals surface area contributed by atoms with E-state index in [0.29, 0.717) is 5.02 Å². The van der Waals surface area contributed by atoms with Crippen molar-refractivity contribution in [3.05, 3.63) is 28.8 Å². The minimum absolute atomic E-state index is 0.0146. The van der Waals surface area contributed by atoms with E-state index in [-0.39, 0.29) is 12.6 Å². The van der Waals surface area contributed by atoms with Crippen molar-refractivity contribution in [2.45, 2.75) is 26.8 Å². The number of urea groups is 1. The highest BCUT2D eigenvalue weighted by atomic mass is 35.5. The molecule has 104 valence electrons. The van der Waals surface area contributed by atoms with E-state index in [1.165, 1.54) is 0 Å². The van der Waals surface area contributed by atoms with Crippen LogP contribution in [0.3, 0.4) is 0 Å². The fraction of sp³-hybridized carbons (Fsp3) is 0.385. The number of anilines is 1. The molecule has 0 atom stereocenters. The molecular weight excluding hydrogens is 266 g/mol. The Morgan fingerprint density at radius 2 is 2.00 bits per heavy atom. The third-order valence-corrected chi connectivity index (χ3v) is 2.54. The lowest BCUT2D eigenvalue weighted by Gasteiger charge is -2.11. The zero-order valence-corrected chi connectivity index (χ0v) is 12.0. The molecule has 0 unspecified atom stereocenters. The second-order valence-corrected chi connectivity index (χ2v) is 4.93. The predicted molar refractivity (Wildman–Crippen MR) is 76.5 cm³/mol. The van der Waals surface area contributed by atoms with Crippen LogP contribution in [0.5, 0.6) is 0 Å². The van der Waals surface area contributed by atoms with Gasteiger partial charge in [-0.3, -0.25) is 10.1 Å². The highest BCUT2D eigenvalue weighted by molar-refractivity contribution is 6.30. The maximum absolute atomic E-state index is 11.5. The van der Waals surface area contributed by atoms with E-state index in [4.69, 9.17) is 11.6 Å². The summed E-state index contributed by atoms with van der Waals surface area (Å²) in [6, 6.07) is 4.82. The van der Waals surface area contributed by atoms with Crippen molar-refractivity contribution in [2.24, 2.45) is 0 Å². The first-order chi connectivity index (χ1) is 8.88. The van der Waals surface area contributed by atoms with Crippen molar-refractivity contribution in [3.63, 3.8) is 0 Å². The molecule has 0 spiro atoms. The number of rotatable bonds is 4. The van der Waals surface area contributed by atoms with Gasteiger partial charge in [-0.15, -0.1) is 0 Å². The molecule has 3 amide bonds. The largest absolute Gasteiger partial charge is 0.376 e. The van der Waals surface area contributed by atoms with E-state index in [1.54, 1.807) is 18.2 Å². The van der Waals surface area contributed by atoms with Crippen LogP contribution in [0.1, 0.15) is 19.4 Å². The highest BCUT2D eigenvalue weighted by Crippen LogP contribution is 2.19. The summed E-state index contributed by atoms with van der Waals surface area (Å²) in [4.78, 5) is 22.8. The second kappa shape index (κ2) is 6.99. The molecule has 5 nitrogen and oxygen atoms in total. The van der Waals surface area contributed by atoms with Crippen LogP contribution >= 0.6 is 11.6 Å². The number of nitrogens with one attached hydrogen (secondary N) is 3. The molecule has 3 N–H and O–H groups in total.